The molecule has 132 valence electrons. The lowest BCUT2D eigenvalue weighted by Crippen LogP contribution is -2.11. The fraction of sp³-hybridized carbons (Fsp3) is 0.118. The molecular weight excluding hydrogens is 399 g/mol. The average molecular weight is 409 g/mol. The number of benzene rings is 1. The van der Waals surface area contributed by atoms with Gasteiger partial charge in [-0.2, -0.15) is 24.5 Å². The van der Waals surface area contributed by atoms with E-state index in [0.717, 1.165) is 16.3 Å². The van der Waals surface area contributed by atoms with Crippen molar-refractivity contribution in [2.24, 2.45) is 0 Å². The van der Waals surface area contributed by atoms with Crippen molar-refractivity contribution in [2.45, 2.75) is 17.0 Å². The van der Waals surface area contributed by atoms with Crippen molar-refractivity contribution in [3.05, 3.63) is 58.0 Å². The summed E-state index contributed by atoms with van der Waals surface area (Å²) >= 11 is 4.36. The Labute approximate surface area is 159 Å². The van der Waals surface area contributed by atoms with Crippen LogP contribution in [0.1, 0.15) is 11.5 Å². The molecule has 0 amide bonds. The van der Waals surface area contributed by atoms with Gasteiger partial charge >= 0.3 is 6.18 Å². The molecule has 0 unspecified atom stereocenters. The second kappa shape index (κ2) is 6.98. The van der Waals surface area contributed by atoms with E-state index in [0.29, 0.717) is 16.2 Å². The lowest BCUT2D eigenvalue weighted by molar-refractivity contribution is -0.145. The maximum absolute atomic E-state index is 13.1. The van der Waals surface area contributed by atoms with Crippen molar-refractivity contribution in [1.29, 1.82) is 0 Å². The van der Waals surface area contributed by atoms with Crippen LogP contribution in [0.2, 0.25) is 0 Å². The third kappa shape index (κ3) is 3.60. The number of halogens is 3. The standard InChI is InChI=1S/C17H10F3N3S3/c18-17(19,20)16-22-13-4-2-1-3-12(13)15(23-16)26-9-11-8-25-14(21-11)10-5-6-24-7-10/h1-8H,9H2. The van der Waals surface area contributed by atoms with Gasteiger partial charge in [0.05, 0.1) is 11.2 Å². The molecule has 0 spiro atoms. The van der Waals surface area contributed by atoms with E-state index < -0.39 is 12.0 Å². The fourth-order valence-electron chi connectivity index (χ4n) is 2.32. The van der Waals surface area contributed by atoms with E-state index in [1.807, 2.05) is 22.2 Å². The van der Waals surface area contributed by atoms with Crippen LogP contribution in [0, 0.1) is 0 Å². The molecule has 26 heavy (non-hydrogen) atoms. The Morgan fingerprint density at radius 2 is 1.85 bits per heavy atom. The first-order valence-electron chi connectivity index (χ1n) is 7.44. The zero-order chi connectivity index (χ0) is 18.1. The monoisotopic (exact) mass is 409 g/mol. The first-order chi connectivity index (χ1) is 12.5. The van der Waals surface area contributed by atoms with Crippen molar-refractivity contribution in [3.63, 3.8) is 0 Å². The summed E-state index contributed by atoms with van der Waals surface area (Å²) in [6, 6.07) is 8.72. The summed E-state index contributed by atoms with van der Waals surface area (Å²) in [7, 11) is 0. The van der Waals surface area contributed by atoms with Crippen LogP contribution in [-0.4, -0.2) is 15.0 Å². The molecule has 0 fully saturated rings. The Balaban J connectivity index is 1.62. The molecule has 0 aliphatic carbocycles. The summed E-state index contributed by atoms with van der Waals surface area (Å²) < 4.78 is 39.2. The van der Waals surface area contributed by atoms with Crippen molar-refractivity contribution in [3.8, 4) is 10.6 Å². The molecule has 3 heterocycles. The van der Waals surface area contributed by atoms with E-state index in [4.69, 9.17) is 0 Å². The molecule has 0 radical (unpaired) electrons. The Morgan fingerprint density at radius 3 is 2.62 bits per heavy atom. The summed E-state index contributed by atoms with van der Waals surface area (Å²) in [4.78, 5) is 11.9. The lowest BCUT2D eigenvalue weighted by atomic mass is 10.2. The third-order valence-electron chi connectivity index (χ3n) is 3.50. The van der Waals surface area contributed by atoms with Crippen molar-refractivity contribution in [1.82, 2.24) is 15.0 Å². The van der Waals surface area contributed by atoms with Gasteiger partial charge in [0.2, 0.25) is 5.82 Å². The maximum Gasteiger partial charge on any atom is 0.451 e. The van der Waals surface area contributed by atoms with Gasteiger partial charge in [-0.05, 0) is 17.5 Å². The summed E-state index contributed by atoms with van der Waals surface area (Å²) in [5, 5.41) is 7.76. The molecule has 4 aromatic rings. The number of thiazole rings is 1. The molecule has 3 aromatic heterocycles. The molecule has 3 nitrogen and oxygen atoms in total. The highest BCUT2D eigenvalue weighted by Gasteiger charge is 2.35. The summed E-state index contributed by atoms with van der Waals surface area (Å²) in [5.74, 6) is -0.671. The number of para-hydroxylation sites is 1. The molecule has 0 bridgehead atoms. The molecule has 1 aromatic carbocycles. The molecule has 0 saturated heterocycles. The number of fused-ring (bicyclic) bond motifs is 1. The van der Waals surface area contributed by atoms with Crippen LogP contribution in [-0.2, 0) is 11.9 Å². The van der Waals surface area contributed by atoms with E-state index in [9.17, 15) is 13.2 Å². The number of alkyl halides is 3. The minimum absolute atomic E-state index is 0.287. The van der Waals surface area contributed by atoms with Crippen LogP contribution in [0.3, 0.4) is 0 Å². The predicted molar refractivity (Wildman–Crippen MR) is 99.5 cm³/mol. The van der Waals surface area contributed by atoms with E-state index in [-0.39, 0.29) is 5.52 Å². The Bertz CT molecular complexity index is 1040. The van der Waals surface area contributed by atoms with Gasteiger partial charge in [-0.1, -0.05) is 30.0 Å². The zero-order valence-electron chi connectivity index (χ0n) is 13.0. The summed E-state index contributed by atoms with van der Waals surface area (Å²) in [6.07, 6.45) is -4.58. The van der Waals surface area contributed by atoms with Crippen molar-refractivity contribution in [2.75, 3.05) is 0 Å². The largest absolute Gasteiger partial charge is 0.451 e. The molecule has 0 atom stereocenters. The Morgan fingerprint density at radius 1 is 1.00 bits per heavy atom. The maximum atomic E-state index is 13.1. The minimum Gasteiger partial charge on any atom is -0.240 e. The first-order valence-corrected chi connectivity index (χ1v) is 10.3. The normalized spacial score (nSPS) is 12.0. The lowest BCUT2D eigenvalue weighted by Gasteiger charge is -2.09. The number of nitrogens with zero attached hydrogens (tertiary/aromatic N) is 3. The number of thiophene rings is 1. The van der Waals surface area contributed by atoms with Crippen LogP contribution < -0.4 is 0 Å². The van der Waals surface area contributed by atoms with Gasteiger partial charge in [0, 0.05) is 27.5 Å². The highest BCUT2D eigenvalue weighted by Crippen LogP contribution is 2.34. The first kappa shape index (κ1) is 17.4. The second-order valence-corrected chi connectivity index (χ2v) is 7.91. The predicted octanol–water partition coefficient (Wildman–Crippen LogP) is 6.13. The van der Waals surface area contributed by atoms with Gasteiger partial charge in [0.1, 0.15) is 10.0 Å². The van der Waals surface area contributed by atoms with Crippen LogP contribution in [0.4, 0.5) is 13.2 Å². The average Bonchev–Trinajstić information content (AvgIpc) is 3.30. The third-order valence-corrected chi connectivity index (χ3v) is 6.15. The quantitative estimate of drug-likeness (QED) is 0.300. The van der Waals surface area contributed by atoms with Crippen LogP contribution in [0.25, 0.3) is 21.5 Å². The van der Waals surface area contributed by atoms with Crippen molar-refractivity contribution < 1.29 is 13.2 Å². The molecule has 0 aliphatic heterocycles. The van der Waals surface area contributed by atoms with Crippen LogP contribution >= 0.6 is 34.4 Å². The van der Waals surface area contributed by atoms with Crippen molar-refractivity contribution >= 4 is 45.3 Å². The van der Waals surface area contributed by atoms with Gasteiger partial charge in [-0.3, -0.25) is 0 Å². The smallest absolute Gasteiger partial charge is 0.240 e. The zero-order valence-corrected chi connectivity index (χ0v) is 15.5. The molecular formula is C17H10F3N3S3. The Kier molecular flexibility index (Phi) is 4.68. The topological polar surface area (TPSA) is 38.7 Å². The van der Waals surface area contributed by atoms with E-state index >= 15 is 0 Å². The number of hydrogen-bond acceptors (Lipinski definition) is 6. The van der Waals surface area contributed by atoms with Gasteiger partial charge in [-0.15, -0.1) is 11.3 Å². The number of aromatic nitrogens is 3. The molecule has 0 saturated carbocycles. The van der Waals surface area contributed by atoms with Gasteiger partial charge in [-0.25, -0.2) is 15.0 Å². The van der Waals surface area contributed by atoms with Gasteiger partial charge in [0.25, 0.3) is 0 Å². The highest BCUT2D eigenvalue weighted by molar-refractivity contribution is 7.98. The molecule has 0 aliphatic rings. The highest BCUT2D eigenvalue weighted by atomic mass is 32.2. The van der Waals surface area contributed by atoms with Crippen LogP contribution in [0.5, 0.6) is 0 Å². The molecule has 4 rings (SSSR count). The molecule has 0 N–H and O–H groups in total. The van der Waals surface area contributed by atoms with Gasteiger partial charge < -0.3 is 0 Å². The number of rotatable bonds is 4. The number of thioether (sulfide) groups is 1. The summed E-state index contributed by atoms with van der Waals surface area (Å²) in [6.45, 7) is 0. The van der Waals surface area contributed by atoms with E-state index in [1.54, 1.807) is 35.6 Å². The minimum atomic E-state index is -4.58. The molecule has 9 heteroatoms. The summed E-state index contributed by atoms with van der Waals surface area (Å²) in [5.41, 5.74) is 2.16. The van der Waals surface area contributed by atoms with Crippen LogP contribution in [0.15, 0.2) is 51.5 Å². The number of hydrogen-bond donors (Lipinski definition) is 0. The second-order valence-electron chi connectivity index (χ2n) is 5.31. The van der Waals surface area contributed by atoms with E-state index in [2.05, 4.69) is 15.0 Å². The Hall–Kier alpha value is -1.97. The SMILES string of the molecule is FC(F)(F)c1nc(SCc2csc(-c3ccsc3)n2)c2ccccc2n1. The van der Waals surface area contributed by atoms with E-state index in [1.165, 1.54) is 23.1 Å². The van der Waals surface area contributed by atoms with Gasteiger partial charge in [0.15, 0.2) is 0 Å². The fourth-order valence-corrected chi connectivity index (χ4v) is 4.87.